The van der Waals surface area contributed by atoms with E-state index in [4.69, 9.17) is 4.74 Å². The fourth-order valence-corrected chi connectivity index (χ4v) is 1.85. The number of likely N-dealkylation sites (tertiary alicyclic amines) is 1. The Labute approximate surface area is 124 Å². The number of nitrogens with zero attached hydrogens (tertiary/aromatic N) is 2. The van der Waals surface area contributed by atoms with E-state index < -0.39 is 4.92 Å². The van der Waals surface area contributed by atoms with E-state index in [2.05, 4.69) is 4.90 Å². The first-order valence-corrected chi connectivity index (χ1v) is 5.25. The van der Waals surface area contributed by atoms with Crippen LogP contribution in [0.2, 0.25) is 0 Å². The number of hydrogen-bond acceptors (Lipinski definition) is 4. The quantitative estimate of drug-likeness (QED) is 0.382. The van der Waals surface area contributed by atoms with Crippen LogP contribution in [-0.2, 0) is 0 Å². The third kappa shape index (κ3) is 3.96. The predicted octanol–water partition coefficient (Wildman–Crippen LogP) is -1.21. The Balaban J connectivity index is 0.00000144. The van der Waals surface area contributed by atoms with Crippen LogP contribution in [0.1, 0.15) is 7.85 Å². The van der Waals surface area contributed by atoms with Crippen molar-refractivity contribution in [2.75, 3.05) is 20.1 Å². The molecule has 0 N–H and O–H groups in total. The zero-order chi connectivity index (χ0) is 11.5. The van der Waals surface area contributed by atoms with Crippen molar-refractivity contribution < 1.29 is 40.6 Å². The molecule has 1 unspecified atom stereocenters. The molecule has 0 aromatic heterocycles. The Kier molecular flexibility index (Phi) is 5.39. The van der Waals surface area contributed by atoms with Crippen molar-refractivity contribution >= 4 is 5.69 Å². The maximum absolute atomic E-state index is 10.6. The molecule has 0 radical (unpaired) electrons. The van der Waals surface area contributed by atoms with E-state index in [1.807, 2.05) is 7.05 Å². The van der Waals surface area contributed by atoms with Crippen molar-refractivity contribution in [2.45, 2.75) is 12.5 Å². The average Bonchev–Trinajstić information content (AvgIpc) is 2.64. The molecule has 5 nitrogen and oxygen atoms in total. The van der Waals surface area contributed by atoms with Crippen molar-refractivity contribution in [1.82, 2.24) is 4.90 Å². The summed E-state index contributed by atoms with van der Waals surface area (Å²) in [6, 6.07) is 6.34. The Hall–Kier alpha value is -0.620. The number of benzene rings is 1. The van der Waals surface area contributed by atoms with Crippen molar-refractivity contribution in [1.29, 1.82) is 0 Å². The Morgan fingerprint density at radius 3 is 2.94 bits per heavy atom. The Morgan fingerprint density at radius 1 is 1.59 bits per heavy atom. The summed E-state index contributed by atoms with van der Waals surface area (Å²) in [6.45, 7) is 1.89. The molecular formula is C11H15N2NaO3. The molecule has 1 aliphatic rings. The normalized spacial score (nSPS) is 19.7. The van der Waals surface area contributed by atoms with E-state index in [9.17, 15) is 10.1 Å². The van der Waals surface area contributed by atoms with Gasteiger partial charge in [0.15, 0.2) is 0 Å². The molecule has 1 heterocycles. The van der Waals surface area contributed by atoms with E-state index >= 15 is 0 Å². The van der Waals surface area contributed by atoms with Crippen molar-refractivity contribution in [2.24, 2.45) is 0 Å². The smallest absolute Gasteiger partial charge is 1.00 e. The first-order valence-electron chi connectivity index (χ1n) is 5.25. The molecule has 2 rings (SSSR count). The molecule has 0 aliphatic carbocycles. The molecule has 0 bridgehead atoms. The van der Waals surface area contributed by atoms with Gasteiger partial charge in [0, 0.05) is 19.2 Å². The number of non-ortho nitro benzene ring substituents is 1. The van der Waals surface area contributed by atoms with E-state index in [0.717, 1.165) is 19.5 Å². The topological polar surface area (TPSA) is 55.6 Å². The molecule has 17 heavy (non-hydrogen) atoms. The minimum Gasteiger partial charge on any atom is -1.00 e. The van der Waals surface area contributed by atoms with E-state index in [-0.39, 0.29) is 42.8 Å². The third-order valence-electron chi connectivity index (χ3n) is 2.68. The van der Waals surface area contributed by atoms with Crippen molar-refractivity contribution in [3.63, 3.8) is 0 Å². The van der Waals surface area contributed by atoms with Crippen LogP contribution in [0.3, 0.4) is 0 Å². The van der Waals surface area contributed by atoms with Gasteiger partial charge in [0.2, 0.25) is 0 Å². The molecule has 0 spiro atoms. The van der Waals surface area contributed by atoms with Gasteiger partial charge in [0.1, 0.15) is 11.9 Å². The van der Waals surface area contributed by atoms with Crippen molar-refractivity contribution in [3.8, 4) is 5.75 Å². The minimum absolute atomic E-state index is 0. The summed E-state index contributed by atoms with van der Waals surface area (Å²) in [5, 5.41) is 10.6. The minimum atomic E-state index is -0.409. The van der Waals surface area contributed by atoms with Gasteiger partial charge >= 0.3 is 29.6 Å². The number of hydrogen-bond donors (Lipinski definition) is 0. The second kappa shape index (κ2) is 6.35. The summed E-state index contributed by atoms with van der Waals surface area (Å²) in [5.41, 5.74) is 0.0730. The van der Waals surface area contributed by atoms with Crippen LogP contribution >= 0.6 is 0 Å². The largest absolute Gasteiger partial charge is 1.00 e. The summed E-state index contributed by atoms with van der Waals surface area (Å²) in [5.74, 6) is 0.578. The van der Waals surface area contributed by atoms with Gasteiger partial charge in [-0.15, -0.1) is 0 Å². The van der Waals surface area contributed by atoms with Crippen LogP contribution in [-0.4, -0.2) is 36.1 Å². The van der Waals surface area contributed by atoms with Crippen molar-refractivity contribution in [3.05, 3.63) is 34.4 Å². The van der Waals surface area contributed by atoms with Crippen LogP contribution in [0.15, 0.2) is 24.3 Å². The monoisotopic (exact) mass is 246 g/mol. The van der Waals surface area contributed by atoms with Gasteiger partial charge < -0.3 is 11.1 Å². The number of nitro groups is 1. The summed E-state index contributed by atoms with van der Waals surface area (Å²) in [6.07, 6.45) is 1.12. The molecule has 1 aromatic rings. The van der Waals surface area contributed by atoms with Gasteiger partial charge in [-0.3, -0.25) is 10.1 Å². The average molecular weight is 246 g/mol. The van der Waals surface area contributed by atoms with Crippen LogP contribution < -0.4 is 34.3 Å². The third-order valence-corrected chi connectivity index (χ3v) is 2.68. The molecule has 1 atom stereocenters. The SMILES string of the molecule is CN1CCC(Oc2cccc([N+](=O)[O-])c2)C1.[H-].[Na+]. The molecule has 0 amide bonds. The standard InChI is InChI=1S/C11H14N2O3.Na.H/c1-12-6-5-11(8-12)16-10-4-2-3-9(7-10)13(14)15;;/h2-4,7,11H,5-6,8H2,1H3;;/q;+1;-1. The van der Waals surface area contributed by atoms with Gasteiger partial charge in [-0.25, -0.2) is 0 Å². The fourth-order valence-electron chi connectivity index (χ4n) is 1.85. The fraction of sp³-hybridized carbons (Fsp3) is 0.455. The first-order chi connectivity index (χ1) is 7.65. The molecule has 1 saturated heterocycles. The molecular weight excluding hydrogens is 231 g/mol. The second-order valence-electron chi connectivity index (χ2n) is 4.05. The summed E-state index contributed by atoms with van der Waals surface area (Å²) in [7, 11) is 2.04. The molecule has 88 valence electrons. The number of ether oxygens (including phenoxy) is 1. The molecule has 0 saturated carbocycles. The molecule has 1 aliphatic heterocycles. The summed E-state index contributed by atoms with van der Waals surface area (Å²) in [4.78, 5) is 12.4. The van der Waals surface area contributed by atoms with Gasteiger partial charge in [-0.2, -0.15) is 0 Å². The van der Waals surface area contributed by atoms with E-state index in [1.54, 1.807) is 12.1 Å². The van der Waals surface area contributed by atoms with E-state index in [0.29, 0.717) is 5.75 Å². The Bertz CT molecular complexity index is 406. The number of nitro benzene ring substituents is 1. The van der Waals surface area contributed by atoms with E-state index in [1.165, 1.54) is 12.1 Å². The van der Waals surface area contributed by atoms with Crippen LogP contribution in [0, 0.1) is 10.1 Å². The number of likely N-dealkylation sites (N-methyl/N-ethyl adjacent to an activating group) is 1. The maximum Gasteiger partial charge on any atom is 1.00 e. The van der Waals surface area contributed by atoms with Crippen LogP contribution in [0.5, 0.6) is 5.75 Å². The first kappa shape index (κ1) is 14.4. The molecule has 1 aromatic carbocycles. The van der Waals surface area contributed by atoms with Gasteiger partial charge in [-0.05, 0) is 19.5 Å². The summed E-state index contributed by atoms with van der Waals surface area (Å²) < 4.78 is 5.69. The molecule has 6 heteroatoms. The zero-order valence-corrected chi connectivity index (χ0v) is 12.1. The zero-order valence-electron chi connectivity index (χ0n) is 11.1. The van der Waals surface area contributed by atoms with Crippen LogP contribution in [0.25, 0.3) is 0 Å². The molecule has 1 fully saturated rings. The van der Waals surface area contributed by atoms with Gasteiger partial charge in [0.05, 0.1) is 11.0 Å². The predicted molar refractivity (Wildman–Crippen MR) is 60.7 cm³/mol. The van der Waals surface area contributed by atoms with Crippen LogP contribution in [0.4, 0.5) is 5.69 Å². The van der Waals surface area contributed by atoms with Gasteiger partial charge in [0.25, 0.3) is 5.69 Å². The number of rotatable bonds is 3. The second-order valence-corrected chi connectivity index (χ2v) is 4.05. The maximum atomic E-state index is 10.6. The Morgan fingerprint density at radius 2 is 2.35 bits per heavy atom. The summed E-state index contributed by atoms with van der Waals surface area (Å²) >= 11 is 0. The van der Waals surface area contributed by atoms with Gasteiger partial charge in [-0.1, -0.05) is 6.07 Å².